The lowest BCUT2D eigenvalue weighted by Gasteiger charge is -2.35. The molecule has 2 heterocycles. The lowest BCUT2D eigenvalue weighted by atomic mass is 9.83. The molecule has 150 valence electrons. The summed E-state index contributed by atoms with van der Waals surface area (Å²) < 4.78 is 5.54. The molecule has 8 nitrogen and oxygen atoms in total. The predicted octanol–water partition coefficient (Wildman–Crippen LogP) is 1.47. The molecule has 8 heteroatoms. The molecule has 0 aliphatic heterocycles. The van der Waals surface area contributed by atoms with Crippen molar-refractivity contribution in [1.29, 1.82) is 0 Å². The SMILES string of the molecule is CO[C@@H]1CC[C@H](C(=O)NCCCc2ncc[nH]2)C[C@H]1NC(=O)c1ccncc1. The molecule has 1 saturated carbocycles. The van der Waals surface area contributed by atoms with Gasteiger partial charge in [0.15, 0.2) is 0 Å². The highest BCUT2D eigenvalue weighted by Crippen LogP contribution is 2.27. The van der Waals surface area contributed by atoms with E-state index in [1.807, 2.05) is 0 Å². The third-order valence-corrected chi connectivity index (χ3v) is 5.16. The lowest BCUT2D eigenvalue weighted by molar-refractivity contribution is -0.127. The summed E-state index contributed by atoms with van der Waals surface area (Å²) in [4.78, 5) is 36.2. The van der Waals surface area contributed by atoms with Crippen molar-refractivity contribution in [1.82, 2.24) is 25.6 Å². The Morgan fingerprint density at radius 2 is 2.07 bits per heavy atom. The van der Waals surface area contributed by atoms with E-state index in [1.54, 1.807) is 44.0 Å². The largest absolute Gasteiger partial charge is 0.379 e. The molecule has 1 aliphatic carbocycles. The first-order valence-corrected chi connectivity index (χ1v) is 9.67. The number of nitrogens with one attached hydrogen (secondary N) is 3. The molecular weight excluding hydrogens is 358 g/mol. The van der Waals surface area contributed by atoms with Gasteiger partial charge in [0.05, 0.1) is 12.1 Å². The van der Waals surface area contributed by atoms with Gasteiger partial charge in [-0.2, -0.15) is 0 Å². The molecule has 0 unspecified atom stereocenters. The maximum absolute atomic E-state index is 12.6. The minimum atomic E-state index is -0.196. The van der Waals surface area contributed by atoms with Crippen LogP contribution in [0.15, 0.2) is 36.9 Å². The molecule has 0 spiro atoms. The summed E-state index contributed by atoms with van der Waals surface area (Å²) in [6.07, 6.45) is 10.3. The molecule has 2 aromatic rings. The fourth-order valence-electron chi connectivity index (χ4n) is 3.62. The average Bonchev–Trinajstić information content (AvgIpc) is 3.25. The van der Waals surface area contributed by atoms with Crippen LogP contribution in [0.4, 0.5) is 0 Å². The zero-order valence-corrected chi connectivity index (χ0v) is 16.1. The Labute approximate surface area is 164 Å². The van der Waals surface area contributed by atoms with E-state index in [-0.39, 0.29) is 29.9 Å². The van der Waals surface area contributed by atoms with Gasteiger partial charge < -0.3 is 20.4 Å². The summed E-state index contributed by atoms with van der Waals surface area (Å²) in [6.45, 7) is 0.609. The first kappa shape index (κ1) is 20.0. The number of aryl methyl sites for hydroxylation is 1. The molecule has 28 heavy (non-hydrogen) atoms. The van der Waals surface area contributed by atoms with Gasteiger partial charge in [0.1, 0.15) is 5.82 Å². The van der Waals surface area contributed by atoms with Gasteiger partial charge in [0, 0.05) is 56.3 Å². The second-order valence-corrected chi connectivity index (χ2v) is 7.03. The third kappa shape index (κ3) is 5.39. The molecule has 3 atom stereocenters. The zero-order chi connectivity index (χ0) is 19.8. The number of pyridine rings is 1. The van der Waals surface area contributed by atoms with Crippen molar-refractivity contribution in [2.75, 3.05) is 13.7 Å². The van der Waals surface area contributed by atoms with Crippen LogP contribution in [0.3, 0.4) is 0 Å². The van der Waals surface area contributed by atoms with Crippen molar-refractivity contribution in [3.63, 3.8) is 0 Å². The molecule has 0 saturated heterocycles. The van der Waals surface area contributed by atoms with Gasteiger partial charge in [0.2, 0.25) is 5.91 Å². The molecule has 3 N–H and O–H groups in total. The number of aromatic amines is 1. The molecule has 1 aliphatic rings. The molecular formula is C20H27N5O3. The quantitative estimate of drug-likeness (QED) is 0.596. The van der Waals surface area contributed by atoms with Gasteiger partial charge in [-0.25, -0.2) is 4.98 Å². The van der Waals surface area contributed by atoms with E-state index in [2.05, 4.69) is 25.6 Å². The van der Waals surface area contributed by atoms with Gasteiger partial charge >= 0.3 is 0 Å². The lowest BCUT2D eigenvalue weighted by Crippen LogP contribution is -2.50. The molecule has 0 radical (unpaired) electrons. The Morgan fingerprint density at radius 3 is 2.79 bits per heavy atom. The molecule has 0 bridgehead atoms. The van der Waals surface area contributed by atoms with Gasteiger partial charge in [-0.3, -0.25) is 14.6 Å². The summed E-state index contributed by atoms with van der Waals surface area (Å²) in [7, 11) is 1.64. The van der Waals surface area contributed by atoms with Crippen molar-refractivity contribution in [3.05, 3.63) is 48.3 Å². The number of methoxy groups -OCH3 is 1. The Bertz CT molecular complexity index is 750. The number of imidazole rings is 1. The van der Waals surface area contributed by atoms with Gasteiger partial charge in [-0.05, 0) is 37.8 Å². The van der Waals surface area contributed by atoms with Crippen molar-refractivity contribution < 1.29 is 14.3 Å². The second kappa shape index (κ2) is 9.98. The van der Waals surface area contributed by atoms with E-state index < -0.39 is 0 Å². The fraction of sp³-hybridized carbons (Fsp3) is 0.500. The van der Waals surface area contributed by atoms with E-state index in [0.717, 1.165) is 31.5 Å². The zero-order valence-electron chi connectivity index (χ0n) is 16.1. The van der Waals surface area contributed by atoms with Crippen molar-refractivity contribution in [3.8, 4) is 0 Å². The van der Waals surface area contributed by atoms with Crippen LogP contribution in [0.25, 0.3) is 0 Å². The Hall–Kier alpha value is -2.74. The van der Waals surface area contributed by atoms with Crippen LogP contribution in [-0.2, 0) is 16.0 Å². The fourth-order valence-corrected chi connectivity index (χ4v) is 3.62. The van der Waals surface area contributed by atoms with E-state index in [4.69, 9.17) is 4.74 Å². The summed E-state index contributed by atoms with van der Waals surface area (Å²) >= 11 is 0. The van der Waals surface area contributed by atoms with E-state index in [0.29, 0.717) is 18.5 Å². The van der Waals surface area contributed by atoms with Crippen LogP contribution in [-0.4, -0.2) is 52.6 Å². The highest BCUT2D eigenvalue weighted by molar-refractivity contribution is 5.94. The first-order chi connectivity index (χ1) is 13.7. The van der Waals surface area contributed by atoms with Crippen LogP contribution in [0, 0.1) is 5.92 Å². The number of hydrogen-bond acceptors (Lipinski definition) is 5. The minimum absolute atomic E-state index is 0.0390. The molecule has 3 rings (SSSR count). The topological polar surface area (TPSA) is 109 Å². The molecule has 2 amide bonds. The van der Waals surface area contributed by atoms with Gasteiger partial charge in [0.25, 0.3) is 5.91 Å². The average molecular weight is 385 g/mol. The number of rotatable bonds is 8. The van der Waals surface area contributed by atoms with Gasteiger partial charge in [-0.1, -0.05) is 0 Å². The number of ether oxygens (including phenoxy) is 1. The third-order valence-electron chi connectivity index (χ3n) is 5.16. The molecule has 2 aromatic heterocycles. The molecule has 1 fully saturated rings. The Kier molecular flexibility index (Phi) is 7.13. The Balaban J connectivity index is 1.49. The number of carbonyl (C=O) groups is 2. The number of nitrogens with zero attached hydrogens (tertiary/aromatic N) is 2. The van der Waals surface area contributed by atoms with Gasteiger partial charge in [-0.15, -0.1) is 0 Å². The number of hydrogen-bond donors (Lipinski definition) is 3. The number of carbonyl (C=O) groups excluding carboxylic acids is 2. The van der Waals surface area contributed by atoms with Crippen molar-refractivity contribution in [2.24, 2.45) is 5.92 Å². The first-order valence-electron chi connectivity index (χ1n) is 9.67. The predicted molar refractivity (Wildman–Crippen MR) is 104 cm³/mol. The summed E-state index contributed by atoms with van der Waals surface area (Å²) in [5, 5.41) is 6.03. The summed E-state index contributed by atoms with van der Waals surface area (Å²) in [5.41, 5.74) is 0.550. The van der Waals surface area contributed by atoms with Crippen LogP contribution < -0.4 is 10.6 Å². The normalized spacial score (nSPS) is 21.8. The highest BCUT2D eigenvalue weighted by atomic mass is 16.5. The van der Waals surface area contributed by atoms with E-state index in [1.165, 1.54) is 0 Å². The second-order valence-electron chi connectivity index (χ2n) is 7.03. The minimum Gasteiger partial charge on any atom is -0.379 e. The maximum Gasteiger partial charge on any atom is 0.251 e. The van der Waals surface area contributed by atoms with Crippen LogP contribution in [0.1, 0.15) is 41.9 Å². The maximum atomic E-state index is 12.6. The smallest absolute Gasteiger partial charge is 0.251 e. The van der Waals surface area contributed by atoms with Crippen LogP contribution in [0.5, 0.6) is 0 Å². The standard InChI is InChI=1S/C20H27N5O3/c1-28-17-5-4-15(19(26)24-8-2-3-18-22-11-12-23-18)13-16(17)25-20(27)14-6-9-21-10-7-14/h6-7,9-12,15-17H,2-5,8,13H2,1H3,(H,22,23)(H,24,26)(H,25,27)/t15-,16+,17+/m0/s1. The highest BCUT2D eigenvalue weighted by Gasteiger charge is 2.34. The summed E-state index contributed by atoms with van der Waals surface area (Å²) in [5.74, 6) is 0.664. The molecule has 0 aromatic carbocycles. The Morgan fingerprint density at radius 1 is 1.25 bits per heavy atom. The number of aromatic nitrogens is 3. The van der Waals surface area contributed by atoms with Crippen LogP contribution >= 0.6 is 0 Å². The van der Waals surface area contributed by atoms with E-state index >= 15 is 0 Å². The van der Waals surface area contributed by atoms with Crippen LogP contribution in [0.2, 0.25) is 0 Å². The summed E-state index contributed by atoms with van der Waals surface area (Å²) in [6, 6.07) is 3.14. The van der Waals surface area contributed by atoms with Crippen molar-refractivity contribution in [2.45, 2.75) is 44.2 Å². The number of amides is 2. The van der Waals surface area contributed by atoms with E-state index in [9.17, 15) is 9.59 Å². The monoisotopic (exact) mass is 385 g/mol. The van der Waals surface area contributed by atoms with Crippen molar-refractivity contribution >= 4 is 11.8 Å². The number of H-pyrrole nitrogens is 1.